The number of amides is 2. The first-order valence-corrected chi connectivity index (χ1v) is 10.7. The second-order valence-corrected chi connectivity index (χ2v) is 7.88. The lowest BCUT2D eigenvalue weighted by molar-refractivity contribution is -0.143. The number of carbonyl (C=O) groups is 2. The van der Waals surface area contributed by atoms with Crippen LogP contribution in [-0.2, 0) is 25.6 Å². The van der Waals surface area contributed by atoms with Crippen molar-refractivity contribution < 1.29 is 19.1 Å². The number of para-hydroxylation sites is 2. The van der Waals surface area contributed by atoms with Crippen LogP contribution in [-0.4, -0.2) is 53.3 Å². The molecule has 3 aromatic rings. The Balaban J connectivity index is 1.66. The Morgan fingerprint density at radius 3 is 2.50 bits per heavy atom. The summed E-state index contributed by atoms with van der Waals surface area (Å²) in [5, 5.41) is 2.81. The van der Waals surface area contributed by atoms with Crippen molar-refractivity contribution in [3.05, 3.63) is 66.0 Å². The molecular formula is C24H28N4O4. The molecule has 0 spiro atoms. The Kier molecular flexibility index (Phi) is 6.53. The van der Waals surface area contributed by atoms with E-state index in [1.807, 2.05) is 71.0 Å². The van der Waals surface area contributed by atoms with Crippen molar-refractivity contribution in [1.29, 1.82) is 0 Å². The van der Waals surface area contributed by atoms with Gasteiger partial charge in [-0.3, -0.25) is 9.59 Å². The van der Waals surface area contributed by atoms with Gasteiger partial charge in [0.2, 0.25) is 11.8 Å². The number of nitrogens with one attached hydrogen (secondary N) is 1. The third kappa shape index (κ3) is 4.24. The lowest BCUT2D eigenvalue weighted by Gasteiger charge is -2.38. The summed E-state index contributed by atoms with van der Waals surface area (Å²) < 4.78 is 12.2. The number of rotatable bonds is 8. The van der Waals surface area contributed by atoms with Gasteiger partial charge in [0.1, 0.15) is 11.9 Å². The monoisotopic (exact) mass is 436 g/mol. The van der Waals surface area contributed by atoms with Crippen LogP contribution in [0.1, 0.15) is 36.8 Å². The number of benzene rings is 2. The van der Waals surface area contributed by atoms with E-state index in [0.29, 0.717) is 6.54 Å². The number of nitrogens with zero attached hydrogens (tertiary/aromatic N) is 3. The number of fused-ring (bicyclic) bond motifs is 3. The number of hydrogen-bond acceptors (Lipinski definition) is 5. The van der Waals surface area contributed by atoms with Crippen LogP contribution >= 0.6 is 0 Å². The predicted molar refractivity (Wildman–Crippen MR) is 120 cm³/mol. The highest BCUT2D eigenvalue weighted by Crippen LogP contribution is 2.37. The van der Waals surface area contributed by atoms with Crippen molar-refractivity contribution >= 4 is 22.8 Å². The molecule has 2 aromatic carbocycles. The SMILES string of the molecule is COC(CNC(=O)C[C@H]1C(=O)N(Cc2ccccc2)[C@H](C)c2nc3ccccc3n21)OC. The minimum absolute atomic E-state index is 0.00431. The number of hydrogen-bond donors (Lipinski definition) is 1. The average molecular weight is 437 g/mol. The van der Waals surface area contributed by atoms with E-state index in [1.54, 1.807) is 0 Å². The lowest BCUT2D eigenvalue weighted by Crippen LogP contribution is -2.46. The molecular weight excluding hydrogens is 408 g/mol. The summed E-state index contributed by atoms with van der Waals surface area (Å²) in [6.45, 7) is 2.64. The Morgan fingerprint density at radius 2 is 1.78 bits per heavy atom. The Hall–Kier alpha value is -3.23. The molecule has 0 bridgehead atoms. The third-order valence-corrected chi connectivity index (χ3v) is 5.91. The molecule has 4 rings (SSSR count). The van der Waals surface area contributed by atoms with Crippen LogP contribution in [0.25, 0.3) is 11.0 Å². The fourth-order valence-corrected chi connectivity index (χ4v) is 4.20. The molecule has 0 radical (unpaired) electrons. The van der Waals surface area contributed by atoms with Crippen LogP contribution in [0.4, 0.5) is 0 Å². The van der Waals surface area contributed by atoms with E-state index in [-0.39, 0.29) is 30.8 Å². The van der Waals surface area contributed by atoms with Gasteiger partial charge in [-0.15, -0.1) is 0 Å². The van der Waals surface area contributed by atoms with E-state index in [0.717, 1.165) is 22.4 Å². The number of carbonyl (C=O) groups excluding carboxylic acids is 2. The molecule has 2 heterocycles. The largest absolute Gasteiger partial charge is 0.354 e. The molecule has 1 N–H and O–H groups in total. The quantitative estimate of drug-likeness (QED) is 0.549. The van der Waals surface area contributed by atoms with Crippen molar-refractivity contribution in [1.82, 2.24) is 19.8 Å². The van der Waals surface area contributed by atoms with Crippen LogP contribution in [0, 0.1) is 0 Å². The summed E-state index contributed by atoms with van der Waals surface area (Å²) in [6.07, 6.45) is -0.537. The zero-order valence-corrected chi connectivity index (χ0v) is 18.5. The summed E-state index contributed by atoms with van der Waals surface area (Å²) in [5.74, 6) is 0.439. The molecule has 32 heavy (non-hydrogen) atoms. The number of ether oxygens (including phenoxy) is 2. The van der Waals surface area contributed by atoms with Crippen molar-refractivity contribution in [2.75, 3.05) is 20.8 Å². The van der Waals surface area contributed by atoms with Gasteiger partial charge in [0.25, 0.3) is 0 Å². The highest BCUT2D eigenvalue weighted by molar-refractivity contribution is 5.90. The van der Waals surface area contributed by atoms with Crippen molar-refractivity contribution in [2.24, 2.45) is 0 Å². The van der Waals surface area contributed by atoms with E-state index in [4.69, 9.17) is 14.5 Å². The molecule has 1 aliphatic heterocycles. The van der Waals surface area contributed by atoms with Crippen molar-refractivity contribution in [3.8, 4) is 0 Å². The molecule has 2 amide bonds. The molecule has 1 aromatic heterocycles. The minimum atomic E-state index is -0.680. The zero-order chi connectivity index (χ0) is 22.7. The van der Waals surface area contributed by atoms with Gasteiger partial charge < -0.3 is 24.3 Å². The maximum atomic E-state index is 13.7. The molecule has 0 unspecified atom stereocenters. The van der Waals surface area contributed by atoms with Gasteiger partial charge in [0.15, 0.2) is 6.29 Å². The first-order valence-electron chi connectivity index (χ1n) is 10.7. The van der Waals surface area contributed by atoms with E-state index < -0.39 is 12.3 Å². The highest BCUT2D eigenvalue weighted by atomic mass is 16.7. The van der Waals surface area contributed by atoms with Crippen LogP contribution < -0.4 is 5.32 Å². The van der Waals surface area contributed by atoms with E-state index in [1.165, 1.54) is 14.2 Å². The first kappa shape index (κ1) is 22.0. The highest BCUT2D eigenvalue weighted by Gasteiger charge is 2.40. The van der Waals surface area contributed by atoms with Gasteiger partial charge in [0, 0.05) is 20.8 Å². The van der Waals surface area contributed by atoms with Crippen molar-refractivity contribution in [3.63, 3.8) is 0 Å². The second kappa shape index (κ2) is 9.50. The second-order valence-electron chi connectivity index (χ2n) is 7.88. The van der Waals surface area contributed by atoms with Crippen molar-refractivity contribution in [2.45, 2.75) is 38.3 Å². The lowest BCUT2D eigenvalue weighted by atomic mass is 10.0. The molecule has 8 heteroatoms. The number of methoxy groups -OCH3 is 2. The molecule has 0 aliphatic carbocycles. The molecule has 2 atom stereocenters. The predicted octanol–water partition coefficient (Wildman–Crippen LogP) is 2.81. The Bertz CT molecular complexity index is 1090. The summed E-state index contributed by atoms with van der Waals surface area (Å²) >= 11 is 0. The van der Waals surface area contributed by atoms with Crippen LogP contribution in [0.5, 0.6) is 0 Å². The van der Waals surface area contributed by atoms with Gasteiger partial charge in [0.05, 0.1) is 30.0 Å². The maximum absolute atomic E-state index is 13.7. The summed E-state index contributed by atoms with van der Waals surface area (Å²) in [4.78, 5) is 33.1. The molecule has 0 saturated carbocycles. The summed E-state index contributed by atoms with van der Waals surface area (Å²) in [5.41, 5.74) is 2.70. The fraction of sp³-hybridized carbons (Fsp3) is 0.375. The topological polar surface area (TPSA) is 85.7 Å². The van der Waals surface area contributed by atoms with E-state index in [9.17, 15) is 9.59 Å². The Morgan fingerprint density at radius 1 is 1.09 bits per heavy atom. The molecule has 0 fully saturated rings. The van der Waals surface area contributed by atoms with Gasteiger partial charge in [-0.05, 0) is 24.6 Å². The summed E-state index contributed by atoms with van der Waals surface area (Å²) in [7, 11) is 3.02. The van der Waals surface area contributed by atoms with E-state index in [2.05, 4.69) is 5.32 Å². The van der Waals surface area contributed by atoms with Crippen LogP contribution in [0.3, 0.4) is 0 Å². The van der Waals surface area contributed by atoms with Gasteiger partial charge in [-0.1, -0.05) is 42.5 Å². The van der Waals surface area contributed by atoms with Gasteiger partial charge >= 0.3 is 0 Å². The smallest absolute Gasteiger partial charge is 0.247 e. The number of aromatic nitrogens is 2. The maximum Gasteiger partial charge on any atom is 0.247 e. The molecule has 0 saturated heterocycles. The molecule has 8 nitrogen and oxygen atoms in total. The van der Waals surface area contributed by atoms with Gasteiger partial charge in [-0.2, -0.15) is 0 Å². The summed E-state index contributed by atoms with van der Waals surface area (Å²) in [6, 6.07) is 16.7. The van der Waals surface area contributed by atoms with Crippen LogP contribution in [0.15, 0.2) is 54.6 Å². The third-order valence-electron chi connectivity index (χ3n) is 5.91. The standard InChI is InChI=1S/C24H28N4O4/c1-16-23-26-18-11-7-8-12-19(18)28(23)20(13-21(29)25-14-22(31-2)32-3)24(30)27(16)15-17-9-5-4-6-10-17/h4-12,16,20,22H,13-15H2,1-3H3,(H,25,29)/t16-,20+/m1/s1. The zero-order valence-electron chi connectivity index (χ0n) is 18.5. The fourth-order valence-electron chi connectivity index (χ4n) is 4.20. The number of imidazole rings is 1. The molecule has 1 aliphatic rings. The van der Waals surface area contributed by atoms with E-state index >= 15 is 0 Å². The normalized spacial score (nSPS) is 18.2. The van der Waals surface area contributed by atoms with Crippen LogP contribution in [0.2, 0.25) is 0 Å². The average Bonchev–Trinajstić information content (AvgIpc) is 3.20. The Labute approximate surface area is 187 Å². The minimum Gasteiger partial charge on any atom is -0.354 e. The van der Waals surface area contributed by atoms with Gasteiger partial charge in [-0.25, -0.2) is 4.98 Å². The molecule has 168 valence electrons. The first-order chi connectivity index (χ1) is 15.5.